The van der Waals surface area contributed by atoms with Crippen molar-refractivity contribution >= 4 is 21.7 Å². The van der Waals surface area contributed by atoms with Gasteiger partial charge < -0.3 is 15.0 Å². The molecule has 1 saturated heterocycles. The molecule has 0 bridgehead atoms. The predicted octanol–water partition coefficient (Wildman–Crippen LogP) is 2.67. The van der Waals surface area contributed by atoms with E-state index < -0.39 is 27.0 Å². The number of anilines is 2. The molecule has 12 heteroatoms. The minimum atomic E-state index is -4.99. The molecule has 30 heavy (non-hydrogen) atoms. The summed E-state index contributed by atoms with van der Waals surface area (Å²) < 4.78 is 68.5. The number of alkyl halides is 3. The normalized spacial score (nSPS) is 14.7. The van der Waals surface area contributed by atoms with Gasteiger partial charge in [-0.3, -0.25) is 0 Å². The zero-order chi connectivity index (χ0) is 21.8. The molecule has 0 saturated carbocycles. The van der Waals surface area contributed by atoms with Crippen LogP contribution >= 0.6 is 0 Å². The number of ether oxygens (including phenoxy) is 1. The Morgan fingerprint density at radius 1 is 1.13 bits per heavy atom. The van der Waals surface area contributed by atoms with E-state index >= 15 is 0 Å². The Bertz CT molecular complexity index is 979. The van der Waals surface area contributed by atoms with E-state index in [2.05, 4.69) is 29.6 Å². The van der Waals surface area contributed by atoms with Crippen LogP contribution in [0.1, 0.15) is 18.7 Å². The third kappa shape index (κ3) is 5.95. The molecule has 1 aromatic heterocycles. The average molecular weight is 445 g/mol. The summed E-state index contributed by atoms with van der Waals surface area (Å²) in [5, 5.41) is 3.01. The Kier molecular flexibility index (Phi) is 6.66. The number of nitrogens with one attached hydrogen (secondary N) is 2. The van der Waals surface area contributed by atoms with E-state index in [4.69, 9.17) is 0 Å². The van der Waals surface area contributed by atoms with Crippen LogP contribution in [0.4, 0.5) is 24.8 Å². The van der Waals surface area contributed by atoms with Gasteiger partial charge in [-0.05, 0) is 31.9 Å². The standard InChI is InChI=1S/C18H22F3N5O3S/c1-13-24-16(12-17(25-13)26-10-4-5-11-26)22-8-9-23-30(27,28)15-7-3-2-6-14(15)29-18(19,20)21/h2-3,6-7,12,23H,4-5,8-11H2,1H3,(H,22,24,25). The molecule has 1 fully saturated rings. The summed E-state index contributed by atoms with van der Waals surface area (Å²) in [5.74, 6) is 1.15. The first-order chi connectivity index (χ1) is 14.1. The van der Waals surface area contributed by atoms with Crippen LogP contribution in [0, 0.1) is 6.92 Å². The van der Waals surface area contributed by atoms with Crippen molar-refractivity contribution in [2.24, 2.45) is 0 Å². The summed E-state index contributed by atoms with van der Waals surface area (Å²) in [6, 6.07) is 6.37. The number of aromatic nitrogens is 2. The van der Waals surface area contributed by atoms with Gasteiger partial charge in [0.25, 0.3) is 0 Å². The fraction of sp³-hybridized carbons (Fsp3) is 0.444. The SMILES string of the molecule is Cc1nc(NCCNS(=O)(=O)c2ccccc2OC(F)(F)F)cc(N2CCCC2)n1. The summed E-state index contributed by atoms with van der Waals surface area (Å²) in [7, 11) is -4.20. The molecule has 2 N–H and O–H groups in total. The fourth-order valence-electron chi connectivity index (χ4n) is 3.09. The topological polar surface area (TPSA) is 96.5 Å². The van der Waals surface area contributed by atoms with Crippen molar-refractivity contribution in [1.82, 2.24) is 14.7 Å². The number of sulfonamides is 1. The van der Waals surface area contributed by atoms with E-state index in [-0.39, 0.29) is 13.1 Å². The maximum absolute atomic E-state index is 12.5. The van der Waals surface area contributed by atoms with Crippen molar-refractivity contribution < 1.29 is 26.3 Å². The van der Waals surface area contributed by atoms with Crippen molar-refractivity contribution in [3.63, 3.8) is 0 Å². The number of hydrogen-bond acceptors (Lipinski definition) is 7. The second-order valence-corrected chi connectivity index (χ2v) is 8.41. The van der Waals surface area contributed by atoms with Gasteiger partial charge in [0, 0.05) is 32.2 Å². The molecular formula is C18H22F3N5O3S. The van der Waals surface area contributed by atoms with Gasteiger partial charge in [0.05, 0.1) is 0 Å². The molecule has 2 aromatic rings. The number of halogens is 3. The number of aryl methyl sites for hydroxylation is 1. The molecule has 0 unspecified atom stereocenters. The highest BCUT2D eigenvalue weighted by molar-refractivity contribution is 7.89. The maximum atomic E-state index is 12.5. The van der Waals surface area contributed by atoms with Gasteiger partial charge in [-0.15, -0.1) is 13.2 Å². The molecule has 1 aliphatic rings. The van der Waals surface area contributed by atoms with Crippen LogP contribution in [-0.2, 0) is 10.0 Å². The van der Waals surface area contributed by atoms with Crippen LogP contribution in [0.5, 0.6) is 5.75 Å². The highest BCUT2D eigenvalue weighted by atomic mass is 32.2. The summed E-state index contributed by atoms with van der Waals surface area (Å²) in [6.45, 7) is 3.73. The number of para-hydroxylation sites is 1. The Morgan fingerprint density at radius 2 is 1.83 bits per heavy atom. The molecule has 8 nitrogen and oxygen atoms in total. The van der Waals surface area contributed by atoms with Gasteiger partial charge >= 0.3 is 6.36 Å². The van der Waals surface area contributed by atoms with E-state index in [0.29, 0.717) is 11.6 Å². The Morgan fingerprint density at radius 3 is 2.53 bits per heavy atom. The van der Waals surface area contributed by atoms with E-state index in [1.165, 1.54) is 12.1 Å². The van der Waals surface area contributed by atoms with Crippen LogP contribution in [0.3, 0.4) is 0 Å². The van der Waals surface area contributed by atoms with E-state index in [1.54, 1.807) is 13.0 Å². The largest absolute Gasteiger partial charge is 0.573 e. The van der Waals surface area contributed by atoms with Crippen molar-refractivity contribution in [3.8, 4) is 5.75 Å². The monoisotopic (exact) mass is 445 g/mol. The lowest BCUT2D eigenvalue weighted by Crippen LogP contribution is -2.30. The first kappa shape index (κ1) is 22.1. The molecular weight excluding hydrogens is 423 g/mol. The maximum Gasteiger partial charge on any atom is 0.573 e. The van der Waals surface area contributed by atoms with Crippen LogP contribution in [0.2, 0.25) is 0 Å². The van der Waals surface area contributed by atoms with Crippen molar-refractivity contribution in [2.45, 2.75) is 31.0 Å². The number of benzene rings is 1. The Hall–Kier alpha value is -2.60. The molecule has 1 aromatic carbocycles. The first-order valence-corrected chi connectivity index (χ1v) is 10.8. The van der Waals surface area contributed by atoms with Crippen molar-refractivity contribution in [1.29, 1.82) is 0 Å². The molecule has 0 aliphatic carbocycles. The summed E-state index contributed by atoms with van der Waals surface area (Å²) in [5.41, 5.74) is 0. The predicted molar refractivity (Wildman–Crippen MR) is 105 cm³/mol. The van der Waals surface area contributed by atoms with Gasteiger partial charge in [-0.2, -0.15) is 0 Å². The Labute approximate surface area is 172 Å². The van der Waals surface area contributed by atoms with Gasteiger partial charge in [0.1, 0.15) is 28.1 Å². The number of nitrogens with zero attached hydrogens (tertiary/aromatic N) is 3. The molecule has 0 atom stereocenters. The summed E-state index contributed by atoms with van der Waals surface area (Å²) >= 11 is 0. The van der Waals surface area contributed by atoms with E-state index in [9.17, 15) is 21.6 Å². The van der Waals surface area contributed by atoms with Crippen molar-refractivity contribution in [2.75, 3.05) is 36.4 Å². The minimum absolute atomic E-state index is 0.0647. The first-order valence-electron chi connectivity index (χ1n) is 9.33. The van der Waals surface area contributed by atoms with Crippen LogP contribution in [-0.4, -0.2) is 50.9 Å². The Balaban J connectivity index is 1.60. The molecule has 0 radical (unpaired) electrons. The minimum Gasteiger partial charge on any atom is -0.404 e. The van der Waals surface area contributed by atoms with Crippen molar-refractivity contribution in [3.05, 3.63) is 36.2 Å². The molecule has 0 amide bonds. The second-order valence-electron chi connectivity index (χ2n) is 6.67. The smallest absolute Gasteiger partial charge is 0.404 e. The van der Waals surface area contributed by atoms with Crippen LogP contribution in [0.25, 0.3) is 0 Å². The quantitative estimate of drug-likeness (QED) is 0.603. The lowest BCUT2D eigenvalue weighted by atomic mass is 10.3. The molecule has 3 rings (SSSR count). The van der Waals surface area contributed by atoms with Crippen LogP contribution in [0.15, 0.2) is 35.2 Å². The number of rotatable bonds is 8. The van der Waals surface area contributed by atoms with Gasteiger partial charge in [-0.25, -0.2) is 23.1 Å². The van der Waals surface area contributed by atoms with Gasteiger partial charge in [0.15, 0.2) is 0 Å². The lowest BCUT2D eigenvalue weighted by Gasteiger charge is -2.18. The van der Waals surface area contributed by atoms with Gasteiger partial charge in [0.2, 0.25) is 10.0 Å². The number of hydrogen-bond donors (Lipinski definition) is 2. The molecule has 164 valence electrons. The second kappa shape index (κ2) is 9.04. The van der Waals surface area contributed by atoms with E-state index in [0.717, 1.165) is 43.9 Å². The molecule has 1 aliphatic heterocycles. The third-order valence-electron chi connectivity index (χ3n) is 4.34. The zero-order valence-electron chi connectivity index (χ0n) is 16.2. The summed E-state index contributed by atoms with van der Waals surface area (Å²) in [4.78, 5) is 10.3. The van der Waals surface area contributed by atoms with Gasteiger partial charge in [-0.1, -0.05) is 12.1 Å². The molecule has 0 spiro atoms. The summed E-state index contributed by atoms with van der Waals surface area (Å²) in [6.07, 6.45) is -2.79. The fourth-order valence-corrected chi connectivity index (χ4v) is 4.24. The van der Waals surface area contributed by atoms with E-state index in [1.807, 2.05) is 0 Å². The lowest BCUT2D eigenvalue weighted by molar-refractivity contribution is -0.275. The van der Waals surface area contributed by atoms with Crippen LogP contribution < -0.4 is 19.7 Å². The zero-order valence-corrected chi connectivity index (χ0v) is 17.1. The molecule has 2 heterocycles. The third-order valence-corrected chi connectivity index (χ3v) is 5.84. The highest BCUT2D eigenvalue weighted by Crippen LogP contribution is 2.29. The average Bonchev–Trinajstić information content (AvgIpc) is 3.19. The highest BCUT2D eigenvalue weighted by Gasteiger charge is 2.33.